The quantitative estimate of drug-likeness (QED) is 0.134. The number of fused-ring (bicyclic) bond motifs is 13. The molecule has 2 aliphatic heterocycles. The number of benzene rings is 15. The monoisotopic (exact) mass is 1520 g/mol. The zero-order chi connectivity index (χ0) is 84.2. The van der Waals surface area contributed by atoms with Gasteiger partial charge in [-0.3, -0.25) is 0 Å². The Labute approximate surface area is 694 Å². The summed E-state index contributed by atoms with van der Waals surface area (Å²) in [5.74, 6) is 0. The van der Waals surface area contributed by atoms with Crippen LogP contribution in [0.15, 0.2) is 315 Å². The van der Waals surface area contributed by atoms with Crippen molar-refractivity contribution >= 4 is 132 Å². The van der Waals surface area contributed by atoms with E-state index >= 15 is 0 Å². The van der Waals surface area contributed by atoms with Crippen LogP contribution < -0.4 is 26.2 Å². The standard InChI is InChI=1S/C110H97BN4S/c1-106(2,3)74-50-55-93-88(63-74)89-64-75(107(4,5)6)51-56-94(89)113(93)80-52-54-91-98(67-80)114(96-48-32-45-84-83-44-30-43-82(104(83)116-105(84)96)81-42-31-47-95-101(81)85-41-28-29-46-92(85)112(95)79-39-26-19-27-40-79)99-60-73(72-57-76(108(7,8)9)62-77(58-72)109(10,11)12)61-100-102(99)111(91)90-53-49-71(68-33-20-16-21-34-68)59-97(90)115(100)103-86(69-35-22-17-23-36-69)65-78(110(13,14)15)66-87(103)70-37-24-18-25-38-70/h16-67H,1-15H3/i16D,20D,21D,33D,34D. The summed E-state index contributed by atoms with van der Waals surface area (Å²) in [4.78, 5) is 5.17. The molecule has 5 heterocycles. The first-order valence-electron chi connectivity index (χ1n) is 43.5. The van der Waals surface area contributed by atoms with E-state index in [1.54, 1.807) is 0 Å². The molecule has 18 aromatic rings. The molecule has 6 heteroatoms. The summed E-state index contributed by atoms with van der Waals surface area (Å²) in [5.41, 5.74) is 30.1. The van der Waals surface area contributed by atoms with Gasteiger partial charge >= 0.3 is 0 Å². The molecule has 20 rings (SSSR count). The van der Waals surface area contributed by atoms with Crippen LogP contribution in [0.25, 0.3) is 131 Å². The predicted octanol–water partition coefficient (Wildman–Crippen LogP) is 29.2. The Bertz CT molecular complexity index is 7170. The number of anilines is 6. The highest BCUT2D eigenvalue weighted by molar-refractivity contribution is 7.27. The molecule has 566 valence electrons. The molecular weight excluding hydrogens is 1420 g/mol. The Balaban J connectivity index is 0.959. The van der Waals surface area contributed by atoms with Crippen molar-refractivity contribution in [3.05, 3.63) is 343 Å². The molecule has 2 aliphatic rings. The first-order chi connectivity index (χ1) is 57.8. The molecule has 0 atom stereocenters. The van der Waals surface area contributed by atoms with Gasteiger partial charge in [-0.15, -0.1) is 11.3 Å². The maximum Gasteiger partial charge on any atom is 0.252 e. The fourth-order valence-electron chi connectivity index (χ4n) is 18.5. The molecule has 0 saturated heterocycles. The van der Waals surface area contributed by atoms with E-state index in [0.717, 1.165) is 127 Å². The third-order valence-electron chi connectivity index (χ3n) is 24.7. The number of para-hydroxylation sites is 2. The summed E-state index contributed by atoms with van der Waals surface area (Å²) in [6.45, 7) is 34.2. The lowest BCUT2D eigenvalue weighted by Crippen LogP contribution is -2.61. The number of thiophene rings is 1. The van der Waals surface area contributed by atoms with E-state index in [1.165, 1.54) is 70.6 Å². The molecule has 0 amide bonds. The van der Waals surface area contributed by atoms with Gasteiger partial charge in [-0.1, -0.05) is 322 Å². The third kappa shape index (κ3) is 11.9. The second-order valence-corrected chi connectivity index (χ2v) is 38.4. The number of nitrogens with zero attached hydrogens (tertiary/aromatic N) is 4. The molecule has 116 heavy (non-hydrogen) atoms. The third-order valence-corrected chi connectivity index (χ3v) is 26.0. The summed E-state index contributed by atoms with van der Waals surface area (Å²) in [7, 11) is 0. The molecule has 3 aromatic heterocycles. The van der Waals surface area contributed by atoms with Gasteiger partial charge in [0.05, 0.1) is 45.0 Å². The largest absolute Gasteiger partial charge is 0.310 e. The second kappa shape index (κ2) is 26.7. The van der Waals surface area contributed by atoms with E-state index in [2.05, 4.69) is 402 Å². The Morgan fingerprint density at radius 2 is 0.741 bits per heavy atom. The minimum absolute atomic E-state index is 0.113. The van der Waals surface area contributed by atoms with Crippen molar-refractivity contribution < 1.29 is 6.85 Å². The van der Waals surface area contributed by atoms with Gasteiger partial charge < -0.3 is 18.9 Å². The van der Waals surface area contributed by atoms with Crippen LogP contribution in [0.4, 0.5) is 34.1 Å². The van der Waals surface area contributed by atoms with E-state index in [9.17, 15) is 5.48 Å². The molecule has 0 radical (unpaired) electrons. The van der Waals surface area contributed by atoms with Crippen LogP contribution in [0, 0.1) is 0 Å². The van der Waals surface area contributed by atoms with Crippen LogP contribution in [-0.4, -0.2) is 15.8 Å². The second-order valence-electron chi connectivity index (χ2n) is 37.4. The smallest absolute Gasteiger partial charge is 0.252 e. The van der Waals surface area contributed by atoms with Gasteiger partial charge in [0.2, 0.25) is 0 Å². The summed E-state index contributed by atoms with van der Waals surface area (Å²) in [6.07, 6.45) is 0. The fourth-order valence-corrected chi connectivity index (χ4v) is 19.8. The highest BCUT2D eigenvalue weighted by Gasteiger charge is 2.46. The van der Waals surface area contributed by atoms with Crippen molar-refractivity contribution in [3.63, 3.8) is 0 Å². The minimum Gasteiger partial charge on any atom is -0.310 e. The van der Waals surface area contributed by atoms with Gasteiger partial charge in [0.1, 0.15) is 0 Å². The van der Waals surface area contributed by atoms with Gasteiger partial charge in [-0.2, -0.15) is 0 Å². The van der Waals surface area contributed by atoms with Crippen LogP contribution in [0.5, 0.6) is 0 Å². The Morgan fingerprint density at radius 1 is 0.276 bits per heavy atom. The number of hydrogen-bond acceptors (Lipinski definition) is 3. The lowest BCUT2D eigenvalue weighted by molar-refractivity contribution is 0.569. The molecule has 0 fully saturated rings. The number of rotatable bonds is 9. The van der Waals surface area contributed by atoms with E-state index in [-0.39, 0.29) is 56.8 Å². The summed E-state index contributed by atoms with van der Waals surface area (Å²) in [6, 6.07) is 105. The molecule has 0 saturated carbocycles. The van der Waals surface area contributed by atoms with Crippen LogP contribution in [-0.2, 0) is 27.1 Å². The van der Waals surface area contributed by atoms with Gasteiger partial charge in [-0.25, -0.2) is 0 Å². The van der Waals surface area contributed by atoms with Crippen molar-refractivity contribution in [1.29, 1.82) is 0 Å². The van der Waals surface area contributed by atoms with Crippen LogP contribution >= 0.6 is 11.3 Å². The summed E-state index contributed by atoms with van der Waals surface area (Å²) >= 11 is 1.88. The summed E-state index contributed by atoms with van der Waals surface area (Å²) in [5, 5.41) is 7.16. The van der Waals surface area contributed by atoms with E-state index in [4.69, 9.17) is 1.37 Å². The van der Waals surface area contributed by atoms with Gasteiger partial charge in [0.15, 0.2) is 0 Å². The zero-order valence-electron chi connectivity index (χ0n) is 73.9. The molecule has 0 aliphatic carbocycles. The SMILES string of the molecule is [2H]c1c([2H])c([2H])c(-c2ccc3c(c2)N(c2c(-c4ccccc4)cc(C(C)(C)C)cc2-c2ccccc2)c2cc(-c4cc(C(C)(C)C)cc(C(C)(C)C)c4)cc4c2B3c2ccc(-n3c5ccc(C(C)(C)C)cc5c5cc(C(C)(C)C)ccc53)cc2N4c2cccc3c2sc2c(-c4cccc5c4c4ccccc4n5-c4ccccc4)cccc23)c([2H])c1[2H]. The van der Waals surface area contributed by atoms with Crippen molar-refractivity contribution in [2.75, 3.05) is 9.80 Å². The average Bonchev–Trinajstić information content (AvgIpc) is 0.998. The van der Waals surface area contributed by atoms with E-state index in [0.29, 0.717) is 5.56 Å². The molecule has 0 spiro atoms. The molecule has 15 aromatic carbocycles. The highest BCUT2D eigenvalue weighted by atomic mass is 32.1. The van der Waals surface area contributed by atoms with E-state index < -0.39 is 12.8 Å². The zero-order valence-corrected chi connectivity index (χ0v) is 69.7. The topological polar surface area (TPSA) is 16.3 Å². The normalized spacial score (nSPS) is 13.9. The molecule has 0 N–H and O–H groups in total. The van der Waals surface area contributed by atoms with E-state index in [1.807, 2.05) is 17.4 Å². The first kappa shape index (κ1) is 67.1. The predicted molar refractivity (Wildman–Crippen MR) is 503 cm³/mol. The van der Waals surface area contributed by atoms with Crippen LogP contribution in [0.2, 0.25) is 0 Å². The Morgan fingerprint density at radius 3 is 1.34 bits per heavy atom. The van der Waals surface area contributed by atoms with Crippen LogP contribution in [0.3, 0.4) is 0 Å². The number of hydrogen-bond donors (Lipinski definition) is 0. The van der Waals surface area contributed by atoms with Crippen LogP contribution in [0.1, 0.15) is 139 Å². The Kier molecular flexibility index (Phi) is 15.4. The lowest BCUT2D eigenvalue weighted by atomic mass is 9.33. The lowest BCUT2D eigenvalue weighted by Gasteiger charge is -2.45. The van der Waals surface area contributed by atoms with Crippen molar-refractivity contribution in [1.82, 2.24) is 9.13 Å². The van der Waals surface area contributed by atoms with Gasteiger partial charge in [0.25, 0.3) is 6.71 Å². The fraction of sp³-hybridized carbons (Fsp3) is 0.182. The molecule has 0 bridgehead atoms. The van der Waals surface area contributed by atoms with Crippen molar-refractivity contribution in [2.24, 2.45) is 0 Å². The molecule has 0 unspecified atom stereocenters. The minimum atomic E-state index is -0.450. The maximum absolute atomic E-state index is 9.78. The first-order valence-corrected chi connectivity index (χ1v) is 41.8. The Hall–Kier alpha value is -12.2. The number of aromatic nitrogens is 2. The average molecular weight is 1520 g/mol. The molecule has 4 nitrogen and oxygen atoms in total. The maximum atomic E-state index is 9.78. The van der Waals surface area contributed by atoms with Gasteiger partial charge in [0, 0.05) is 87.8 Å². The van der Waals surface area contributed by atoms with Crippen molar-refractivity contribution in [3.8, 4) is 67.0 Å². The highest BCUT2D eigenvalue weighted by Crippen LogP contribution is 2.56. The van der Waals surface area contributed by atoms with Gasteiger partial charge in [-0.05, 0) is 207 Å². The molecular formula is C110H97BN4S. The summed E-state index contributed by atoms with van der Waals surface area (Å²) < 4.78 is 54.3. The van der Waals surface area contributed by atoms with Crippen molar-refractivity contribution in [2.45, 2.75) is 131 Å².